The lowest BCUT2D eigenvalue weighted by Gasteiger charge is -2.39. The monoisotopic (exact) mass is 512 g/mol. The van der Waals surface area contributed by atoms with Crippen molar-refractivity contribution in [3.05, 3.63) is 107 Å². The molecule has 0 saturated carbocycles. The third-order valence-corrected chi connectivity index (χ3v) is 8.79. The maximum absolute atomic E-state index is 4.92. The average Bonchev–Trinajstić information content (AvgIpc) is 2.80. The average molecular weight is 513 g/mol. The van der Waals surface area contributed by atoms with E-state index in [1.165, 1.54) is 0 Å². The maximum atomic E-state index is 4.92. The van der Waals surface area contributed by atoms with Crippen molar-refractivity contribution in [1.29, 1.82) is 0 Å². The van der Waals surface area contributed by atoms with E-state index < -0.39 is 5.41 Å². The summed E-state index contributed by atoms with van der Waals surface area (Å²) >= 11 is 28.4. The van der Waals surface area contributed by atoms with Crippen LogP contribution in [0.3, 0.4) is 0 Å². The Morgan fingerprint density at radius 1 is 0.387 bits per heavy atom. The van der Waals surface area contributed by atoms with Gasteiger partial charge in [0.05, 0.1) is 5.41 Å². The van der Waals surface area contributed by atoms with E-state index in [-0.39, 0.29) is 0 Å². The van der Waals surface area contributed by atoms with Gasteiger partial charge in [-0.05, 0) is 34.4 Å². The molecule has 0 bridgehead atoms. The van der Waals surface area contributed by atoms with E-state index in [4.69, 9.17) is 50.5 Å². The van der Waals surface area contributed by atoms with Gasteiger partial charge in [0.25, 0.3) is 0 Å². The van der Waals surface area contributed by atoms with Crippen LogP contribution < -0.4 is 0 Å². The SMILES string of the molecule is Sc1ccc(C(c2ccccc2)(c2ccccc2)c2ccc(S)c(S)c2S)c(S)c1S. The van der Waals surface area contributed by atoms with Gasteiger partial charge in [0, 0.05) is 29.4 Å². The minimum absolute atomic E-state index is 0.700. The van der Waals surface area contributed by atoms with Crippen LogP contribution in [-0.2, 0) is 5.41 Å². The molecule has 4 aromatic rings. The minimum Gasteiger partial charge on any atom is -0.142 e. The zero-order chi connectivity index (χ0) is 22.2. The summed E-state index contributed by atoms with van der Waals surface area (Å²) in [5.74, 6) is 0. The van der Waals surface area contributed by atoms with Crippen molar-refractivity contribution in [2.45, 2.75) is 34.8 Å². The molecule has 0 aliphatic carbocycles. The highest BCUT2D eigenvalue weighted by atomic mass is 32.1. The number of hydrogen-bond acceptors (Lipinski definition) is 6. The molecule has 0 radical (unpaired) electrons. The predicted molar refractivity (Wildman–Crippen MR) is 148 cm³/mol. The molecule has 156 valence electrons. The second kappa shape index (κ2) is 9.46. The van der Waals surface area contributed by atoms with Crippen molar-refractivity contribution in [3.8, 4) is 0 Å². The van der Waals surface area contributed by atoms with Crippen LogP contribution in [0, 0.1) is 0 Å². The Morgan fingerprint density at radius 2 is 0.742 bits per heavy atom. The lowest BCUT2D eigenvalue weighted by atomic mass is 9.65. The Bertz CT molecular complexity index is 1140. The van der Waals surface area contributed by atoms with Crippen LogP contribution in [0.2, 0.25) is 0 Å². The van der Waals surface area contributed by atoms with Gasteiger partial charge in [-0.3, -0.25) is 0 Å². The topological polar surface area (TPSA) is 0 Å². The first-order valence-corrected chi connectivity index (χ1v) is 12.2. The molecule has 0 heterocycles. The van der Waals surface area contributed by atoms with Crippen molar-refractivity contribution >= 4 is 75.8 Å². The van der Waals surface area contributed by atoms with Gasteiger partial charge in [0.15, 0.2) is 0 Å². The Labute approximate surface area is 216 Å². The lowest BCUT2D eigenvalue weighted by molar-refractivity contribution is 0.694. The summed E-state index contributed by atoms with van der Waals surface area (Å²) in [5.41, 5.74) is 3.46. The standard InChI is InChI=1S/C25H20S6/c26-19-13-11-17(21(28)23(19)30)25(15-7-3-1-4-8-15,16-9-5-2-6-10-16)18-12-14-20(27)24(31)22(18)29/h1-14,26-31H. The second-order valence-electron chi connectivity index (χ2n) is 7.14. The number of rotatable bonds is 4. The fourth-order valence-electron chi connectivity index (χ4n) is 4.05. The van der Waals surface area contributed by atoms with Crippen molar-refractivity contribution in [2.75, 3.05) is 0 Å². The van der Waals surface area contributed by atoms with Crippen LogP contribution in [0.4, 0.5) is 0 Å². The first kappa shape index (κ1) is 23.1. The van der Waals surface area contributed by atoms with Crippen molar-refractivity contribution in [1.82, 2.24) is 0 Å². The number of hydrogen-bond donors (Lipinski definition) is 6. The fourth-order valence-corrected chi connectivity index (χ4v) is 5.72. The third kappa shape index (κ3) is 3.96. The summed E-state index contributed by atoms with van der Waals surface area (Å²) in [4.78, 5) is 4.56. The highest BCUT2D eigenvalue weighted by molar-refractivity contribution is 7.85. The summed E-state index contributed by atoms with van der Waals surface area (Å²) in [6.45, 7) is 0. The Kier molecular flexibility index (Phi) is 7.06. The zero-order valence-corrected chi connectivity index (χ0v) is 21.6. The molecule has 0 aliphatic heterocycles. The van der Waals surface area contributed by atoms with E-state index in [0.29, 0.717) is 0 Å². The molecule has 4 rings (SSSR count). The molecule has 0 atom stereocenters. The molecule has 0 fully saturated rings. The van der Waals surface area contributed by atoms with Gasteiger partial charge in [-0.15, -0.1) is 75.8 Å². The van der Waals surface area contributed by atoms with Crippen LogP contribution in [0.15, 0.2) is 114 Å². The highest BCUT2D eigenvalue weighted by Gasteiger charge is 2.41. The fraction of sp³-hybridized carbons (Fsp3) is 0.0400. The van der Waals surface area contributed by atoms with Gasteiger partial charge in [0.1, 0.15) is 0 Å². The normalized spacial score (nSPS) is 11.5. The maximum Gasteiger partial charge on any atom is 0.0723 e. The van der Waals surface area contributed by atoms with Gasteiger partial charge < -0.3 is 0 Å². The third-order valence-electron chi connectivity index (χ3n) is 5.48. The van der Waals surface area contributed by atoms with E-state index in [2.05, 4.69) is 61.7 Å². The van der Waals surface area contributed by atoms with E-state index in [1.807, 2.05) is 48.5 Å². The Morgan fingerprint density at radius 3 is 1.10 bits per heavy atom. The summed E-state index contributed by atoms with van der Waals surface area (Å²) < 4.78 is 0. The van der Waals surface area contributed by atoms with Gasteiger partial charge in [-0.2, -0.15) is 0 Å². The molecule has 0 spiro atoms. The molecule has 0 aliphatic rings. The number of benzene rings is 4. The van der Waals surface area contributed by atoms with Crippen LogP contribution >= 0.6 is 75.8 Å². The first-order valence-electron chi connectivity index (χ1n) is 9.48. The largest absolute Gasteiger partial charge is 0.142 e. The number of thiol groups is 6. The molecule has 0 nitrogen and oxygen atoms in total. The quantitative estimate of drug-likeness (QED) is 0.117. The van der Waals surface area contributed by atoms with Crippen molar-refractivity contribution in [3.63, 3.8) is 0 Å². The summed E-state index contributed by atoms with van der Waals surface area (Å²) in [6, 6.07) is 28.8. The molecule has 31 heavy (non-hydrogen) atoms. The minimum atomic E-state index is -0.700. The summed E-state index contributed by atoms with van der Waals surface area (Å²) in [7, 11) is 0. The molecular formula is C25H20S6. The van der Waals surface area contributed by atoms with Gasteiger partial charge in [0.2, 0.25) is 0 Å². The zero-order valence-electron chi connectivity index (χ0n) is 16.3. The van der Waals surface area contributed by atoms with Crippen LogP contribution in [0.5, 0.6) is 0 Å². The highest BCUT2D eigenvalue weighted by Crippen LogP contribution is 2.51. The van der Waals surface area contributed by atoms with E-state index in [9.17, 15) is 0 Å². The van der Waals surface area contributed by atoms with E-state index in [1.54, 1.807) is 0 Å². The predicted octanol–water partition coefficient (Wildman–Crippen LogP) is 7.80. The Hall–Kier alpha value is -1.02. The van der Waals surface area contributed by atoms with E-state index >= 15 is 0 Å². The van der Waals surface area contributed by atoms with Crippen LogP contribution in [0.25, 0.3) is 0 Å². The molecule has 6 heteroatoms. The van der Waals surface area contributed by atoms with Crippen LogP contribution in [-0.4, -0.2) is 0 Å². The Balaban J connectivity index is 2.25. The second-order valence-corrected chi connectivity index (χ2v) is 9.89. The lowest BCUT2D eigenvalue weighted by Crippen LogP contribution is -2.32. The van der Waals surface area contributed by atoms with Gasteiger partial charge >= 0.3 is 0 Å². The van der Waals surface area contributed by atoms with Crippen LogP contribution in [0.1, 0.15) is 22.3 Å². The molecule has 0 aromatic heterocycles. The van der Waals surface area contributed by atoms with Crippen molar-refractivity contribution < 1.29 is 0 Å². The van der Waals surface area contributed by atoms with Gasteiger partial charge in [-0.25, -0.2) is 0 Å². The molecular weight excluding hydrogens is 493 g/mol. The van der Waals surface area contributed by atoms with Gasteiger partial charge in [-0.1, -0.05) is 72.8 Å². The molecule has 0 saturated heterocycles. The van der Waals surface area contributed by atoms with E-state index in [0.717, 1.165) is 51.6 Å². The first-order chi connectivity index (χ1) is 14.9. The van der Waals surface area contributed by atoms with Crippen molar-refractivity contribution in [2.24, 2.45) is 0 Å². The smallest absolute Gasteiger partial charge is 0.0723 e. The summed E-state index contributed by atoms with van der Waals surface area (Å²) in [5, 5.41) is 0. The molecule has 4 aromatic carbocycles. The molecule has 0 N–H and O–H groups in total. The summed E-state index contributed by atoms with van der Waals surface area (Å²) in [6.07, 6.45) is 0. The molecule has 0 amide bonds. The molecule has 0 unspecified atom stereocenters.